The molecule has 2 N–H and O–H groups in total. The van der Waals surface area contributed by atoms with Crippen LogP contribution in [0, 0.1) is 0 Å². The zero-order valence-electron chi connectivity index (χ0n) is 13.8. The van der Waals surface area contributed by atoms with Crippen LogP contribution in [0.1, 0.15) is 17.0 Å². The lowest BCUT2D eigenvalue weighted by Crippen LogP contribution is -2.40. The minimum absolute atomic E-state index is 0.0393. The van der Waals surface area contributed by atoms with Gasteiger partial charge in [-0.15, -0.1) is 0 Å². The van der Waals surface area contributed by atoms with Gasteiger partial charge in [-0.3, -0.25) is 14.9 Å². The summed E-state index contributed by atoms with van der Waals surface area (Å²) in [5, 5.41) is 4.51. The predicted molar refractivity (Wildman–Crippen MR) is 105 cm³/mol. The number of hydrogen-bond donors (Lipinski definition) is 2. The molecule has 0 bridgehead atoms. The van der Waals surface area contributed by atoms with Crippen LogP contribution in [0.5, 0.6) is 0 Å². The summed E-state index contributed by atoms with van der Waals surface area (Å²) < 4.78 is 5.48. The van der Waals surface area contributed by atoms with Crippen molar-refractivity contribution >= 4 is 40.5 Å². The van der Waals surface area contributed by atoms with Crippen LogP contribution in [-0.2, 0) is 14.3 Å². The SMILES string of the molecule is O=C(CI)NC(=O)CNC(=O)OCC1c2ccccc2-c2ccccc21. The topological polar surface area (TPSA) is 84.5 Å². The minimum atomic E-state index is -0.691. The van der Waals surface area contributed by atoms with Crippen molar-refractivity contribution in [2.75, 3.05) is 17.6 Å². The first kappa shape index (κ1) is 18.4. The van der Waals surface area contributed by atoms with Crippen molar-refractivity contribution in [3.05, 3.63) is 59.7 Å². The molecule has 0 saturated heterocycles. The third-order valence-electron chi connectivity index (χ3n) is 4.14. The molecule has 0 fully saturated rings. The van der Waals surface area contributed by atoms with E-state index in [1.54, 1.807) is 0 Å². The molecular formula is C19H17IN2O4. The summed E-state index contributed by atoms with van der Waals surface area (Å²) in [7, 11) is 0. The predicted octanol–water partition coefficient (Wildman–Crippen LogP) is 2.60. The first-order valence-electron chi connectivity index (χ1n) is 8.07. The van der Waals surface area contributed by atoms with Crippen LogP contribution >= 0.6 is 22.6 Å². The molecule has 0 unspecified atom stereocenters. The number of alkyl carbamates (subject to hydrolysis) is 1. The Morgan fingerprint density at radius 1 is 0.923 bits per heavy atom. The van der Waals surface area contributed by atoms with Crippen LogP contribution in [0.2, 0.25) is 0 Å². The van der Waals surface area contributed by atoms with E-state index in [0.717, 1.165) is 22.3 Å². The van der Waals surface area contributed by atoms with Gasteiger partial charge in [0.15, 0.2) is 0 Å². The van der Waals surface area contributed by atoms with Gasteiger partial charge in [-0.05, 0) is 22.3 Å². The van der Waals surface area contributed by atoms with Crippen LogP contribution in [0.4, 0.5) is 4.79 Å². The smallest absolute Gasteiger partial charge is 0.407 e. The van der Waals surface area contributed by atoms with Crippen molar-refractivity contribution in [2.24, 2.45) is 0 Å². The highest BCUT2D eigenvalue weighted by Gasteiger charge is 2.28. The number of carbonyl (C=O) groups excluding carboxylic acids is 3. The van der Waals surface area contributed by atoms with Gasteiger partial charge in [0, 0.05) is 5.92 Å². The average Bonchev–Trinajstić information content (AvgIpc) is 2.98. The number of fused-ring (bicyclic) bond motifs is 3. The number of benzene rings is 2. The summed E-state index contributed by atoms with van der Waals surface area (Å²) in [6.07, 6.45) is -0.691. The average molecular weight is 464 g/mol. The molecule has 7 heteroatoms. The molecule has 0 atom stereocenters. The lowest BCUT2D eigenvalue weighted by Gasteiger charge is -2.14. The quantitative estimate of drug-likeness (QED) is 0.527. The van der Waals surface area contributed by atoms with Crippen LogP contribution in [0.3, 0.4) is 0 Å². The van der Waals surface area contributed by atoms with Gasteiger partial charge in [-0.1, -0.05) is 71.1 Å². The van der Waals surface area contributed by atoms with Crippen LogP contribution in [0.15, 0.2) is 48.5 Å². The normalized spacial score (nSPS) is 12.0. The molecule has 3 amide bonds. The standard InChI is InChI=1S/C19H17IN2O4/c20-9-17(23)22-18(24)10-21-19(25)26-11-16-14-7-3-1-5-12(14)13-6-2-4-8-15(13)16/h1-8,16H,9-11H2,(H,21,25)(H,22,23,24). The molecule has 0 saturated carbocycles. The first-order chi connectivity index (χ1) is 12.6. The Hall–Kier alpha value is -2.42. The number of imide groups is 1. The Balaban J connectivity index is 1.59. The second-order valence-corrected chi connectivity index (χ2v) is 6.55. The Bertz CT molecular complexity index is 807. The third kappa shape index (κ3) is 4.04. The van der Waals surface area contributed by atoms with Gasteiger partial charge in [0.1, 0.15) is 13.2 Å². The molecule has 0 aliphatic heterocycles. The largest absolute Gasteiger partial charge is 0.449 e. The van der Waals surface area contributed by atoms with Crippen LogP contribution < -0.4 is 10.6 Å². The lowest BCUT2D eigenvalue weighted by atomic mass is 9.98. The Morgan fingerprint density at radius 3 is 2.08 bits per heavy atom. The molecule has 6 nitrogen and oxygen atoms in total. The minimum Gasteiger partial charge on any atom is -0.449 e. The highest BCUT2D eigenvalue weighted by Crippen LogP contribution is 2.44. The van der Waals surface area contributed by atoms with E-state index in [-0.39, 0.29) is 23.5 Å². The van der Waals surface area contributed by atoms with Gasteiger partial charge in [0.2, 0.25) is 11.8 Å². The molecule has 0 spiro atoms. The van der Waals surface area contributed by atoms with E-state index in [1.807, 2.05) is 59.0 Å². The fraction of sp³-hybridized carbons (Fsp3) is 0.211. The maximum absolute atomic E-state index is 11.9. The van der Waals surface area contributed by atoms with Crippen molar-refractivity contribution in [3.8, 4) is 11.1 Å². The second kappa shape index (κ2) is 8.31. The van der Waals surface area contributed by atoms with Crippen molar-refractivity contribution in [1.82, 2.24) is 10.6 Å². The van der Waals surface area contributed by atoms with Gasteiger partial charge in [0.25, 0.3) is 0 Å². The molecule has 26 heavy (non-hydrogen) atoms. The summed E-state index contributed by atoms with van der Waals surface area (Å²) >= 11 is 1.85. The van der Waals surface area contributed by atoms with Gasteiger partial charge in [0.05, 0.1) is 4.43 Å². The first-order valence-corrected chi connectivity index (χ1v) is 9.60. The fourth-order valence-corrected chi connectivity index (χ4v) is 3.23. The maximum atomic E-state index is 11.9. The van der Waals surface area contributed by atoms with Crippen molar-refractivity contribution in [1.29, 1.82) is 0 Å². The molecular weight excluding hydrogens is 447 g/mol. The number of ether oxygens (including phenoxy) is 1. The monoisotopic (exact) mass is 464 g/mol. The Morgan fingerprint density at radius 2 is 1.50 bits per heavy atom. The van der Waals surface area contributed by atoms with E-state index in [4.69, 9.17) is 4.74 Å². The molecule has 1 aliphatic rings. The Kier molecular flexibility index (Phi) is 5.87. The van der Waals surface area contributed by atoms with Gasteiger partial charge < -0.3 is 10.1 Å². The van der Waals surface area contributed by atoms with E-state index in [2.05, 4.69) is 22.8 Å². The fourth-order valence-electron chi connectivity index (χ4n) is 3.03. The number of amides is 3. The third-order valence-corrected chi connectivity index (χ3v) is 4.83. The van der Waals surface area contributed by atoms with E-state index >= 15 is 0 Å². The van der Waals surface area contributed by atoms with E-state index in [1.165, 1.54) is 0 Å². The van der Waals surface area contributed by atoms with Crippen molar-refractivity contribution < 1.29 is 19.1 Å². The molecule has 2 aromatic carbocycles. The number of halogens is 1. The maximum Gasteiger partial charge on any atom is 0.407 e. The van der Waals surface area contributed by atoms with Crippen molar-refractivity contribution in [3.63, 3.8) is 0 Å². The summed E-state index contributed by atoms with van der Waals surface area (Å²) in [5.74, 6) is -1.01. The second-order valence-electron chi connectivity index (χ2n) is 5.78. The Labute approximate surface area is 164 Å². The van der Waals surface area contributed by atoms with Crippen LogP contribution in [-0.4, -0.2) is 35.5 Å². The molecule has 2 aromatic rings. The van der Waals surface area contributed by atoms with E-state index < -0.39 is 17.9 Å². The van der Waals surface area contributed by atoms with Gasteiger partial charge in [-0.25, -0.2) is 4.79 Å². The number of rotatable bonds is 5. The number of carbonyl (C=O) groups is 3. The highest BCUT2D eigenvalue weighted by molar-refractivity contribution is 14.1. The molecule has 0 heterocycles. The summed E-state index contributed by atoms with van der Waals surface area (Å²) in [5.41, 5.74) is 4.53. The van der Waals surface area contributed by atoms with E-state index in [9.17, 15) is 14.4 Å². The summed E-state index contributed by atoms with van der Waals surface area (Å²) in [6.45, 7) is -0.132. The van der Waals surface area contributed by atoms with Gasteiger partial charge >= 0.3 is 6.09 Å². The van der Waals surface area contributed by atoms with Crippen LogP contribution in [0.25, 0.3) is 11.1 Å². The molecule has 3 rings (SSSR count). The summed E-state index contributed by atoms with van der Waals surface area (Å²) in [6, 6.07) is 16.1. The number of nitrogens with one attached hydrogen (secondary N) is 2. The van der Waals surface area contributed by atoms with E-state index in [0.29, 0.717) is 0 Å². The zero-order chi connectivity index (χ0) is 18.5. The summed E-state index contributed by atoms with van der Waals surface area (Å²) in [4.78, 5) is 34.5. The van der Waals surface area contributed by atoms with Crippen molar-refractivity contribution in [2.45, 2.75) is 5.92 Å². The molecule has 0 radical (unpaired) electrons. The lowest BCUT2D eigenvalue weighted by molar-refractivity contribution is -0.128. The zero-order valence-corrected chi connectivity index (χ0v) is 16.0. The number of hydrogen-bond acceptors (Lipinski definition) is 4. The molecule has 134 valence electrons. The van der Waals surface area contributed by atoms with Gasteiger partial charge in [-0.2, -0.15) is 0 Å². The molecule has 1 aliphatic carbocycles. The highest BCUT2D eigenvalue weighted by atomic mass is 127. The number of alkyl halides is 1. The molecule has 0 aromatic heterocycles.